The van der Waals surface area contributed by atoms with Crippen molar-refractivity contribution in [3.8, 4) is 0 Å². The lowest BCUT2D eigenvalue weighted by molar-refractivity contribution is 0.582. The molecule has 0 radical (unpaired) electrons. The second kappa shape index (κ2) is 4.44. The van der Waals surface area contributed by atoms with E-state index in [1.54, 1.807) is 13.0 Å². The van der Waals surface area contributed by atoms with Crippen molar-refractivity contribution in [2.45, 2.75) is 12.1 Å². The van der Waals surface area contributed by atoms with E-state index in [9.17, 15) is 16.8 Å². The Morgan fingerprint density at radius 3 is 2.38 bits per heavy atom. The maximum absolute atomic E-state index is 11.6. The summed E-state index contributed by atoms with van der Waals surface area (Å²) in [4.78, 5) is 7.29. The number of primary sulfonamides is 1. The van der Waals surface area contributed by atoms with E-state index >= 15 is 0 Å². The minimum atomic E-state index is -3.81. The fraction of sp³-hybridized carbons (Fsp3) is 0.429. The number of sulfone groups is 1. The molecule has 0 saturated heterocycles. The molecule has 90 valence electrons. The number of nitrogens with two attached hydrogens (primary N) is 1. The van der Waals surface area contributed by atoms with E-state index in [1.807, 2.05) is 0 Å². The molecule has 9 heteroatoms. The standard InChI is InChI=1S/C7H11N3O4S2/c1-6-2-3-9-7(10-6)15(11,12)4-5-16(8,13)14/h2-3H,4-5H2,1H3,(H2,8,13,14). The number of nitrogens with zero attached hydrogens (tertiary/aromatic N) is 2. The molecular weight excluding hydrogens is 254 g/mol. The molecule has 7 nitrogen and oxygen atoms in total. The monoisotopic (exact) mass is 265 g/mol. The lowest BCUT2D eigenvalue weighted by Crippen LogP contribution is -2.24. The molecular formula is C7H11N3O4S2. The van der Waals surface area contributed by atoms with Crippen LogP contribution in [0.2, 0.25) is 0 Å². The zero-order chi connectivity index (χ0) is 12.4. The van der Waals surface area contributed by atoms with Gasteiger partial charge in [0.2, 0.25) is 25.0 Å². The van der Waals surface area contributed by atoms with E-state index < -0.39 is 31.4 Å². The van der Waals surface area contributed by atoms with Crippen LogP contribution < -0.4 is 5.14 Å². The van der Waals surface area contributed by atoms with Crippen LogP contribution in [-0.4, -0.2) is 38.3 Å². The molecule has 0 aliphatic carbocycles. The third-order valence-electron chi connectivity index (χ3n) is 1.69. The van der Waals surface area contributed by atoms with E-state index in [1.165, 1.54) is 6.20 Å². The lowest BCUT2D eigenvalue weighted by atomic mass is 10.5. The quantitative estimate of drug-likeness (QED) is 0.686. The van der Waals surface area contributed by atoms with Crippen molar-refractivity contribution in [2.24, 2.45) is 5.14 Å². The molecule has 0 spiro atoms. The molecule has 0 unspecified atom stereocenters. The van der Waals surface area contributed by atoms with Crippen LogP contribution >= 0.6 is 0 Å². The van der Waals surface area contributed by atoms with Crippen molar-refractivity contribution in [3.63, 3.8) is 0 Å². The van der Waals surface area contributed by atoms with Crippen LogP contribution in [0.3, 0.4) is 0 Å². The Bertz CT molecular complexity index is 579. The maximum Gasteiger partial charge on any atom is 0.247 e. The van der Waals surface area contributed by atoms with Gasteiger partial charge >= 0.3 is 0 Å². The highest BCUT2D eigenvalue weighted by Crippen LogP contribution is 2.05. The molecule has 0 aliphatic rings. The molecule has 0 aliphatic heterocycles. The van der Waals surface area contributed by atoms with Crippen molar-refractivity contribution in [1.29, 1.82) is 0 Å². The van der Waals surface area contributed by atoms with Crippen molar-refractivity contribution >= 4 is 19.9 Å². The van der Waals surface area contributed by atoms with E-state index in [4.69, 9.17) is 5.14 Å². The smallest absolute Gasteiger partial charge is 0.229 e. The molecule has 0 amide bonds. The van der Waals surface area contributed by atoms with Gasteiger partial charge in [0.1, 0.15) is 0 Å². The first-order valence-electron chi connectivity index (χ1n) is 4.23. The van der Waals surface area contributed by atoms with Gasteiger partial charge in [-0.05, 0) is 13.0 Å². The summed E-state index contributed by atoms with van der Waals surface area (Å²) in [5.41, 5.74) is 0.490. The number of aryl methyl sites for hydroxylation is 1. The number of aromatic nitrogens is 2. The fourth-order valence-electron chi connectivity index (χ4n) is 0.893. The van der Waals surface area contributed by atoms with E-state index in [-0.39, 0.29) is 5.16 Å². The van der Waals surface area contributed by atoms with Gasteiger partial charge in [0.05, 0.1) is 11.5 Å². The Balaban J connectivity index is 2.95. The van der Waals surface area contributed by atoms with E-state index in [0.717, 1.165) is 0 Å². The Hall–Kier alpha value is -1.06. The Morgan fingerprint density at radius 1 is 1.25 bits per heavy atom. The van der Waals surface area contributed by atoms with Crippen molar-refractivity contribution in [1.82, 2.24) is 9.97 Å². The number of hydrogen-bond donors (Lipinski definition) is 1. The van der Waals surface area contributed by atoms with Gasteiger partial charge in [-0.15, -0.1) is 0 Å². The summed E-state index contributed by atoms with van der Waals surface area (Å²) in [5, 5.41) is 4.34. The zero-order valence-corrected chi connectivity index (χ0v) is 10.1. The second-order valence-corrected chi connectivity index (χ2v) is 6.90. The molecule has 0 bridgehead atoms. The van der Waals surface area contributed by atoms with Gasteiger partial charge in [-0.25, -0.2) is 31.9 Å². The molecule has 1 aromatic rings. The third-order valence-corrected chi connectivity index (χ3v) is 4.21. The van der Waals surface area contributed by atoms with Gasteiger partial charge in [0.15, 0.2) is 0 Å². The average Bonchev–Trinajstić information content (AvgIpc) is 2.14. The zero-order valence-electron chi connectivity index (χ0n) is 8.49. The first-order valence-corrected chi connectivity index (χ1v) is 7.60. The maximum atomic E-state index is 11.6. The Labute approximate surface area is 93.7 Å². The predicted octanol–water partition coefficient (Wildman–Crippen LogP) is -1.15. The van der Waals surface area contributed by atoms with Gasteiger partial charge in [-0.2, -0.15) is 0 Å². The highest BCUT2D eigenvalue weighted by Gasteiger charge is 2.20. The Morgan fingerprint density at radius 2 is 1.88 bits per heavy atom. The van der Waals surface area contributed by atoms with Gasteiger partial charge in [-0.1, -0.05) is 0 Å². The molecule has 2 N–H and O–H groups in total. The first kappa shape index (κ1) is 13.0. The molecule has 0 fully saturated rings. The van der Waals surface area contributed by atoms with Crippen LogP contribution in [-0.2, 0) is 19.9 Å². The van der Waals surface area contributed by atoms with Crippen LogP contribution in [0.25, 0.3) is 0 Å². The summed E-state index contributed by atoms with van der Waals surface area (Å²) in [6, 6.07) is 1.54. The lowest BCUT2D eigenvalue weighted by Gasteiger charge is -2.02. The highest BCUT2D eigenvalue weighted by atomic mass is 32.2. The minimum Gasteiger partial charge on any atom is -0.229 e. The fourth-order valence-corrected chi connectivity index (χ4v) is 3.39. The molecule has 0 atom stereocenters. The summed E-state index contributed by atoms with van der Waals surface area (Å²) < 4.78 is 44.5. The first-order chi connectivity index (χ1) is 7.21. The van der Waals surface area contributed by atoms with Crippen LogP contribution in [0.4, 0.5) is 0 Å². The largest absolute Gasteiger partial charge is 0.247 e. The summed E-state index contributed by atoms with van der Waals surface area (Å²) >= 11 is 0. The summed E-state index contributed by atoms with van der Waals surface area (Å²) in [6.07, 6.45) is 1.30. The highest BCUT2D eigenvalue weighted by molar-refractivity contribution is 7.94. The average molecular weight is 265 g/mol. The predicted molar refractivity (Wildman–Crippen MR) is 56.8 cm³/mol. The van der Waals surface area contributed by atoms with Gasteiger partial charge < -0.3 is 0 Å². The van der Waals surface area contributed by atoms with Crippen molar-refractivity contribution in [2.75, 3.05) is 11.5 Å². The van der Waals surface area contributed by atoms with Crippen LogP contribution in [0.1, 0.15) is 5.69 Å². The summed E-state index contributed by atoms with van der Waals surface area (Å²) in [5.74, 6) is -1.26. The molecule has 1 heterocycles. The molecule has 0 saturated carbocycles. The summed E-state index contributed by atoms with van der Waals surface area (Å²) in [6.45, 7) is 1.61. The van der Waals surface area contributed by atoms with Gasteiger partial charge in [-0.3, -0.25) is 0 Å². The molecule has 16 heavy (non-hydrogen) atoms. The van der Waals surface area contributed by atoms with Crippen LogP contribution in [0, 0.1) is 6.92 Å². The number of sulfonamides is 1. The second-order valence-electron chi connectivity index (χ2n) is 3.17. The van der Waals surface area contributed by atoms with Crippen molar-refractivity contribution in [3.05, 3.63) is 18.0 Å². The van der Waals surface area contributed by atoms with E-state index in [2.05, 4.69) is 9.97 Å². The topological polar surface area (TPSA) is 120 Å². The Kier molecular flexibility index (Phi) is 3.61. The molecule has 1 rings (SSSR count). The molecule has 0 aromatic carbocycles. The van der Waals surface area contributed by atoms with Crippen LogP contribution in [0.5, 0.6) is 0 Å². The summed E-state index contributed by atoms with van der Waals surface area (Å²) in [7, 11) is -7.61. The minimum absolute atomic E-state index is 0.379. The van der Waals surface area contributed by atoms with Gasteiger partial charge in [0.25, 0.3) is 0 Å². The molecule has 1 aromatic heterocycles. The van der Waals surface area contributed by atoms with Gasteiger partial charge in [0, 0.05) is 11.9 Å². The third kappa shape index (κ3) is 3.83. The number of rotatable bonds is 4. The number of hydrogen-bond acceptors (Lipinski definition) is 6. The van der Waals surface area contributed by atoms with Crippen LogP contribution in [0.15, 0.2) is 17.4 Å². The van der Waals surface area contributed by atoms with E-state index in [0.29, 0.717) is 5.69 Å². The SMILES string of the molecule is Cc1ccnc(S(=O)(=O)CCS(N)(=O)=O)n1. The van der Waals surface area contributed by atoms with Crippen molar-refractivity contribution < 1.29 is 16.8 Å². The normalized spacial score (nSPS) is 12.6.